The van der Waals surface area contributed by atoms with Crippen LogP contribution in [0.4, 0.5) is 0 Å². The highest BCUT2D eigenvalue weighted by Crippen LogP contribution is 2.20. The van der Waals surface area contributed by atoms with Crippen LogP contribution in [0.2, 0.25) is 0 Å². The van der Waals surface area contributed by atoms with E-state index < -0.39 is 0 Å². The minimum atomic E-state index is 0.823. The van der Waals surface area contributed by atoms with Gasteiger partial charge in [0.2, 0.25) is 0 Å². The Labute approximate surface area is 100 Å². The van der Waals surface area contributed by atoms with Crippen LogP contribution in [0.3, 0.4) is 0 Å². The van der Waals surface area contributed by atoms with Gasteiger partial charge < -0.3 is 15.1 Å². The van der Waals surface area contributed by atoms with Crippen LogP contribution in [0.1, 0.15) is 19.8 Å². The first-order chi connectivity index (χ1) is 7.66. The molecule has 94 valence electrons. The van der Waals surface area contributed by atoms with Crippen molar-refractivity contribution < 1.29 is 0 Å². The fourth-order valence-corrected chi connectivity index (χ4v) is 3.06. The van der Waals surface area contributed by atoms with E-state index in [1.165, 1.54) is 45.6 Å². The second kappa shape index (κ2) is 5.48. The first-order valence-corrected chi connectivity index (χ1v) is 6.76. The first kappa shape index (κ1) is 12.3. The largest absolute Gasteiger partial charge is 0.316 e. The SMILES string of the molecule is C[C@@H]1CNC[C@H]1CN(C)C1CCN(C)CC1. The average molecular weight is 225 g/mol. The molecular weight excluding hydrogens is 198 g/mol. The standard InChI is InChI=1S/C13H27N3/c1-11-8-14-9-12(11)10-16(3)13-4-6-15(2)7-5-13/h11-14H,4-10H2,1-3H3/t11-,12+/m1/s1. The number of rotatable bonds is 3. The van der Waals surface area contributed by atoms with Gasteiger partial charge in [0.15, 0.2) is 0 Å². The smallest absolute Gasteiger partial charge is 0.0117 e. The predicted octanol–water partition coefficient (Wildman–Crippen LogP) is 0.868. The third-order valence-corrected chi connectivity index (χ3v) is 4.51. The molecule has 0 spiro atoms. The van der Waals surface area contributed by atoms with E-state index in [2.05, 4.69) is 36.1 Å². The van der Waals surface area contributed by atoms with Gasteiger partial charge in [-0.1, -0.05) is 6.92 Å². The highest BCUT2D eigenvalue weighted by molar-refractivity contribution is 4.83. The van der Waals surface area contributed by atoms with Gasteiger partial charge in [-0.05, 0) is 65.0 Å². The van der Waals surface area contributed by atoms with E-state index in [1.54, 1.807) is 0 Å². The van der Waals surface area contributed by atoms with E-state index >= 15 is 0 Å². The highest BCUT2D eigenvalue weighted by Gasteiger charge is 2.27. The topological polar surface area (TPSA) is 18.5 Å². The molecule has 3 heteroatoms. The fourth-order valence-electron chi connectivity index (χ4n) is 3.06. The van der Waals surface area contributed by atoms with Gasteiger partial charge in [-0.25, -0.2) is 0 Å². The third kappa shape index (κ3) is 2.96. The van der Waals surface area contributed by atoms with E-state index in [0.717, 1.165) is 17.9 Å². The van der Waals surface area contributed by atoms with Crippen LogP contribution in [0.5, 0.6) is 0 Å². The average Bonchev–Trinajstić information content (AvgIpc) is 2.65. The maximum absolute atomic E-state index is 3.50. The molecule has 0 aromatic heterocycles. The summed E-state index contributed by atoms with van der Waals surface area (Å²) in [4.78, 5) is 5.06. The molecule has 2 aliphatic rings. The van der Waals surface area contributed by atoms with Crippen molar-refractivity contribution >= 4 is 0 Å². The summed E-state index contributed by atoms with van der Waals surface area (Å²) in [6.45, 7) is 8.64. The van der Waals surface area contributed by atoms with Gasteiger partial charge in [-0.3, -0.25) is 0 Å². The maximum Gasteiger partial charge on any atom is 0.0117 e. The number of nitrogens with zero attached hydrogens (tertiary/aromatic N) is 2. The van der Waals surface area contributed by atoms with Gasteiger partial charge in [0.25, 0.3) is 0 Å². The Kier molecular flexibility index (Phi) is 4.22. The Balaban J connectivity index is 1.76. The van der Waals surface area contributed by atoms with Crippen LogP contribution in [-0.4, -0.2) is 62.7 Å². The van der Waals surface area contributed by atoms with Crippen molar-refractivity contribution in [3.8, 4) is 0 Å². The minimum Gasteiger partial charge on any atom is -0.316 e. The van der Waals surface area contributed by atoms with Crippen LogP contribution in [0.15, 0.2) is 0 Å². The number of likely N-dealkylation sites (tertiary alicyclic amines) is 1. The molecular formula is C13H27N3. The van der Waals surface area contributed by atoms with Gasteiger partial charge in [-0.2, -0.15) is 0 Å². The lowest BCUT2D eigenvalue weighted by Gasteiger charge is -2.36. The third-order valence-electron chi connectivity index (χ3n) is 4.51. The molecule has 2 aliphatic heterocycles. The molecule has 0 saturated carbocycles. The number of hydrogen-bond acceptors (Lipinski definition) is 3. The molecule has 2 fully saturated rings. The van der Waals surface area contributed by atoms with Crippen molar-refractivity contribution in [1.29, 1.82) is 0 Å². The van der Waals surface area contributed by atoms with Gasteiger partial charge in [0.05, 0.1) is 0 Å². The van der Waals surface area contributed by atoms with Gasteiger partial charge in [0, 0.05) is 12.6 Å². The molecule has 3 nitrogen and oxygen atoms in total. The van der Waals surface area contributed by atoms with Gasteiger partial charge >= 0.3 is 0 Å². The molecule has 0 aliphatic carbocycles. The highest BCUT2D eigenvalue weighted by atomic mass is 15.2. The summed E-state index contributed by atoms with van der Waals surface area (Å²) < 4.78 is 0. The zero-order valence-corrected chi connectivity index (χ0v) is 11.1. The monoisotopic (exact) mass is 225 g/mol. The molecule has 2 saturated heterocycles. The molecule has 2 heterocycles. The van der Waals surface area contributed by atoms with Crippen LogP contribution in [0.25, 0.3) is 0 Å². The minimum absolute atomic E-state index is 0.823. The Morgan fingerprint density at radius 2 is 1.94 bits per heavy atom. The lowest BCUT2D eigenvalue weighted by molar-refractivity contribution is 0.125. The molecule has 2 rings (SSSR count). The predicted molar refractivity (Wildman–Crippen MR) is 68.7 cm³/mol. The summed E-state index contributed by atoms with van der Waals surface area (Å²) in [5.41, 5.74) is 0. The summed E-state index contributed by atoms with van der Waals surface area (Å²) in [6, 6.07) is 0.823. The van der Waals surface area contributed by atoms with E-state index in [-0.39, 0.29) is 0 Å². The Hall–Kier alpha value is -0.120. The number of nitrogens with one attached hydrogen (secondary N) is 1. The van der Waals surface area contributed by atoms with Crippen LogP contribution in [-0.2, 0) is 0 Å². The van der Waals surface area contributed by atoms with Crippen LogP contribution >= 0.6 is 0 Å². The summed E-state index contributed by atoms with van der Waals surface area (Å²) in [7, 11) is 4.56. The molecule has 0 bridgehead atoms. The van der Waals surface area contributed by atoms with Crippen molar-refractivity contribution in [2.24, 2.45) is 11.8 Å². The number of piperidine rings is 1. The maximum atomic E-state index is 3.50. The first-order valence-electron chi connectivity index (χ1n) is 6.76. The Morgan fingerprint density at radius 3 is 2.50 bits per heavy atom. The summed E-state index contributed by atoms with van der Waals surface area (Å²) in [5.74, 6) is 1.72. The van der Waals surface area contributed by atoms with Crippen molar-refractivity contribution in [2.75, 3.05) is 46.8 Å². The van der Waals surface area contributed by atoms with E-state index in [0.29, 0.717) is 0 Å². The normalized spacial score (nSPS) is 33.8. The van der Waals surface area contributed by atoms with Crippen molar-refractivity contribution in [2.45, 2.75) is 25.8 Å². The summed E-state index contributed by atoms with van der Waals surface area (Å²) in [6.07, 6.45) is 2.70. The molecule has 0 unspecified atom stereocenters. The van der Waals surface area contributed by atoms with E-state index in [1.807, 2.05) is 0 Å². The molecule has 16 heavy (non-hydrogen) atoms. The fraction of sp³-hybridized carbons (Fsp3) is 1.00. The van der Waals surface area contributed by atoms with Crippen molar-refractivity contribution in [3.05, 3.63) is 0 Å². The second-order valence-corrected chi connectivity index (χ2v) is 5.87. The lowest BCUT2D eigenvalue weighted by Crippen LogP contribution is -2.44. The zero-order chi connectivity index (χ0) is 11.5. The molecule has 0 radical (unpaired) electrons. The second-order valence-electron chi connectivity index (χ2n) is 5.87. The summed E-state index contributed by atoms with van der Waals surface area (Å²) >= 11 is 0. The van der Waals surface area contributed by atoms with Crippen LogP contribution < -0.4 is 5.32 Å². The quantitative estimate of drug-likeness (QED) is 0.769. The molecule has 0 aromatic rings. The Bertz CT molecular complexity index is 211. The summed E-state index contributed by atoms with van der Waals surface area (Å²) in [5, 5.41) is 3.50. The van der Waals surface area contributed by atoms with Gasteiger partial charge in [0.1, 0.15) is 0 Å². The molecule has 1 N–H and O–H groups in total. The zero-order valence-electron chi connectivity index (χ0n) is 11.1. The van der Waals surface area contributed by atoms with E-state index in [9.17, 15) is 0 Å². The molecule has 2 atom stereocenters. The van der Waals surface area contributed by atoms with E-state index in [4.69, 9.17) is 0 Å². The molecule has 0 amide bonds. The Morgan fingerprint density at radius 1 is 1.25 bits per heavy atom. The van der Waals surface area contributed by atoms with Crippen LogP contribution in [0, 0.1) is 11.8 Å². The number of hydrogen-bond donors (Lipinski definition) is 1. The molecule has 0 aromatic carbocycles. The van der Waals surface area contributed by atoms with Crippen molar-refractivity contribution in [1.82, 2.24) is 15.1 Å². The van der Waals surface area contributed by atoms with Crippen molar-refractivity contribution in [3.63, 3.8) is 0 Å². The lowest BCUT2D eigenvalue weighted by atomic mass is 9.96. The van der Waals surface area contributed by atoms with Gasteiger partial charge in [-0.15, -0.1) is 0 Å².